The van der Waals surface area contributed by atoms with E-state index in [1.807, 2.05) is 29.2 Å². The van der Waals surface area contributed by atoms with Crippen molar-refractivity contribution in [2.24, 2.45) is 0 Å². The minimum atomic E-state index is 0.0284. The van der Waals surface area contributed by atoms with E-state index in [2.05, 4.69) is 30.9 Å². The van der Waals surface area contributed by atoms with E-state index in [9.17, 15) is 4.79 Å². The molecule has 4 rings (SSSR count). The molecule has 0 N–H and O–H groups in total. The Balaban J connectivity index is 1.67. The van der Waals surface area contributed by atoms with Crippen LogP contribution in [0.4, 0.5) is 5.13 Å². The lowest BCUT2D eigenvalue weighted by molar-refractivity contribution is 0.0983. The Labute approximate surface area is 187 Å². The number of fused-ring (bicyclic) bond motifs is 2. The van der Waals surface area contributed by atoms with Crippen molar-refractivity contribution in [1.82, 2.24) is 9.88 Å². The average molecular weight is 442 g/mol. The number of amides is 1. The predicted molar refractivity (Wildman–Crippen MR) is 127 cm³/mol. The van der Waals surface area contributed by atoms with Crippen molar-refractivity contribution in [3.8, 4) is 0 Å². The molecule has 0 unspecified atom stereocenters. The molecule has 3 aromatic rings. The standard InChI is InChI=1S/C24H28ClN3OS/c1-3-27(4-2)13-14-28(24-26-21-12-11-20(25)16-22(21)30-24)23(29)19-10-9-17-7-5-6-8-18(17)15-19/h9-12,15-16H,3-8,13-14H2,1-2H3. The number of hydrogen-bond acceptors (Lipinski definition) is 4. The van der Waals surface area contributed by atoms with E-state index >= 15 is 0 Å². The molecule has 0 saturated carbocycles. The Morgan fingerprint density at radius 1 is 1.03 bits per heavy atom. The summed E-state index contributed by atoms with van der Waals surface area (Å²) in [6, 6.07) is 11.9. The summed E-state index contributed by atoms with van der Waals surface area (Å²) in [7, 11) is 0. The predicted octanol–water partition coefficient (Wildman–Crippen LogP) is 5.82. The molecule has 1 aliphatic carbocycles. The van der Waals surface area contributed by atoms with Crippen LogP contribution in [0.15, 0.2) is 36.4 Å². The molecule has 0 bridgehead atoms. The number of benzene rings is 2. The molecular formula is C24H28ClN3OS. The number of anilines is 1. The smallest absolute Gasteiger partial charge is 0.260 e. The van der Waals surface area contributed by atoms with Crippen molar-refractivity contribution < 1.29 is 4.79 Å². The molecule has 1 heterocycles. The van der Waals surface area contributed by atoms with E-state index in [-0.39, 0.29) is 5.91 Å². The van der Waals surface area contributed by atoms with Crippen molar-refractivity contribution >= 4 is 44.2 Å². The van der Waals surface area contributed by atoms with Crippen LogP contribution in [0.3, 0.4) is 0 Å². The highest BCUT2D eigenvalue weighted by Gasteiger charge is 2.23. The number of thiazole rings is 1. The van der Waals surface area contributed by atoms with Crippen LogP contribution in [0, 0.1) is 0 Å². The van der Waals surface area contributed by atoms with Gasteiger partial charge in [-0.15, -0.1) is 0 Å². The molecule has 0 spiro atoms. The van der Waals surface area contributed by atoms with Crippen LogP contribution in [0.25, 0.3) is 10.2 Å². The van der Waals surface area contributed by atoms with Gasteiger partial charge in [0, 0.05) is 23.7 Å². The maximum atomic E-state index is 13.6. The molecule has 158 valence electrons. The lowest BCUT2D eigenvalue weighted by atomic mass is 9.90. The summed E-state index contributed by atoms with van der Waals surface area (Å²) in [5, 5.41) is 1.43. The fourth-order valence-electron chi connectivity index (χ4n) is 4.09. The molecule has 4 nitrogen and oxygen atoms in total. The summed E-state index contributed by atoms with van der Waals surface area (Å²) in [6.07, 6.45) is 4.63. The topological polar surface area (TPSA) is 36.4 Å². The monoisotopic (exact) mass is 441 g/mol. The van der Waals surface area contributed by atoms with E-state index in [4.69, 9.17) is 16.6 Å². The number of carbonyl (C=O) groups excluding carboxylic acids is 1. The number of carbonyl (C=O) groups is 1. The number of aryl methyl sites for hydroxylation is 2. The Hall–Kier alpha value is -1.95. The van der Waals surface area contributed by atoms with Gasteiger partial charge in [0.2, 0.25) is 0 Å². The van der Waals surface area contributed by atoms with Gasteiger partial charge in [-0.25, -0.2) is 4.98 Å². The number of rotatable bonds is 7. The summed E-state index contributed by atoms with van der Waals surface area (Å²) < 4.78 is 1.00. The van der Waals surface area contributed by atoms with E-state index in [1.54, 1.807) is 0 Å². The maximum absolute atomic E-state index is 13.6. The van der Waals surface area contributed by atoms with Crippen molar-refractivity contribution in [2.75, 3.05) is 31.1 Å². The third-order valence-corrected chi connectivity index (χ3v) is 7.22. The van der Waals surface area contributed by atoms with Crippen LogP contribution in [-0.4, -0.2) is 42.0 Å². The molecule has 0 saturated heterocycles. The van der Waals surface area contributed by atoms with Crippen LogP contribution in [0.2, 0.25) is 5.02 Å². The van der Waals surface area contributed by atoms with Crippen molar-refractivity contribution in [1.29, 1.82) is 0 Å². The SMILES string of the molecule is CCN(CC)CCN(C(=O)c1ccc2c(c1)CCCC2)c1nc2ccc(Cl)cc2s1. The molecule has 30 heavy (non-hydrogen) atoms. The zero-order valence-electron chi connectivity index (χ0n) is 17.7. The molecule has 2 aromatic carbocycles. The van der Waals surface area contributed by atoms with E-state index in [0.29, 0.717) is 11.6 Å². The van der Waals surface area contributed by atoms with Gasteiger partial charge in [-0.05, 0) is 80.2 Å². The molecule has 0 atom stereocenters. The second-order valence-corrected chi connectivity index (χ2v) is 9.23. The van der Waals surface area contributed by atoms with Crippen LogP contribution in [0.1, 0.15) is 48.2 Å². The molecule has 6 heteroatoms. The van der Waals surface area contributed by atoms with Gasteiger partial charge in [-0.3, -0.25) is 9.69 Å². The number of hydrogen-bond donors (Lipinski definition) is 0. The third kappa shape index (κ3) is 4.53. The summed E-state index contributed by atoms with van der Waals surface area (Å²) in [6.45, 7) is 7.67. The molecule has 1 aromatic heterocycles. The van der Waals surface area contributed by atoms with Crippen LogP contribution in [0.5, 0.6) is 0 Å². The first-order chi connectivity index (χ1) is 14.6. The van der Waals surface area contributed by atoms with Crippen LogP contribution < -0.4 is 4.90 Å². The molecule has 1 aliphatic rings. The van der Waals surface area contributed by atoms with Gasteiger partial charge in [0.1, 0.15) is 0 Å². The molecule has 1 amide bonds. The summed E-state index contributed by atoms with van der Waals surface area (Å²) in [5.41, 5.74) is 4.35. The normalized spacial score (nSPS) is 13.6. The first-order valence-electron chi connectivity index (χ1n) is 10.8. The fraction of sp³-hybridized carbons (Fsp3) is 0.417. The lowest BCUT2D eigenvalue weighted by Gasteiger charge is -2.25. The minimum absolute atomic E-state index is 0.0284. The van der Waals surface area contributed by atoms with Gasteiger partial charge in [0.15, 0.2) is 5.13 Å². The number of halogens is 1. The fourth-order valence-corrected chi connectivity index (χ4v) is 5.36. The quantitative estimate of drug-likeness (QED) is 0.463. The molecular weight excluding hydrogens is 414 g/mol. The Morgan fingerprint density at radius 3 is 2.57 bits per heavy atom. The number of nitrogens with zero attached hydrogens (tertiary/aromatic N) is 3. The minimum Gasteiger partial charge on any atom is -0.302 e. The maximum Gasteiger partial charge on any atom is 0.260 e. The zero-order chi connectivity index (χ0) is 21.1. The highest BCUT2D eigenvalue weighted by Crippen LogP contribution is 2.32. The van der Waals surface area contributed by atoms with Gasteiger partial charge < -0.3 is 4.90 Å². The summed E-state index contributed by atoms with van der Waals surface area (Å²) in [4.78, 5) is 22.6. The Bertz CT molecular complexity index is 1040. The van der Waals surface area contributed by atoms with E-state index in [1.165, 1.54) is 35.3 Å². The van der Waals surface area contributed by atoms with Gasteiger partial charge >= 0.3 is 0 Å². The van der Waals surface area contributed by atoms with Gasteiger partial charge in [0.25, 0.3) is 5.91 Å². The molecule has 0 fully saturated rings. The first-order valence-corrected chi connectivity index (χ1v) is 12.0. The second-order valence-electron chi connectivity index (χ2n) is 7.78. The summed E-state index contributed by atoms with van der Waals surface area (Å²) in [5.74, 6) is 0.0284. The van der Waals surface area contributed by atoms with Gasteiger partial charge in [-0.2, -0.15) is 0 Å². The molecule has 0 aliphatic heterocycles. The lowest BCUT2D eigenvalue weighted by Crippen LogP contribution is -2.39. The van der Waals surface area contributed by atoms with Gasteiger partial charge in [0.05, 0.1) is 10.2 Å². The average Bonchev–Trinajstić information content (AvgIpc) is 3.18. The van der Waals surface area contributed by atoms with E-state index in [0.717, 1.165) is 53.4 Å². The van der Waals surface area contributed by atoms with Crippen molar-refractivity contribution in [2.45, 2.75) is 39.5 Å². The van der Waals surface area contributed by atoms with Crippen molar-refractivity contribution in [3.05, 3.63) is 58.1 Å². The largest absolute Gasteiger partial charge is 0.302 e. The second kappa shape index (κ2) is 9.46. The zero-order valence-corrected chi connectivity index (χ0v) is 19.2. The van der Waals surface area contributed by atoms with Crippen molar-refractivity contribution in [3.63, 3.8) is 0 Å². The van der Waals surface area contributed by atoms with Gasteiger partial charge in [-0.1, -0.05) is 42.9 Å². The van der Waals surface area contributed by atoms with Crippen LogP contribution in [-0.2, 0) is 12.8 Å². The summed E-state index contributed by atoms with van der Waals surface area (Å²) >= 11 is 7.69. The number of aromatic nitrogens is 1. The van der Waals surface area contributed by atoms with Crippen LogP contribution >= 0.6 is 22.9 Å². The third-order valence-electron chi connectivity index (χ3n) is 5.94. The highest BCUT2D eigenvalue weighted by molar-refractivity contribution is 7.22. The number of likely N-dealkylation sites (N-methyl/N-ethyl adjacent to an activating group) is 1. The van der Waals surface area contributed by atoms with E-state index < -0.39 is 0 Å². The molecule has 0 radical (unpaired) electrons. The Morgan fingerprint density at radius 2 is 1.80 bits per heavy atom. The Kier molecular flexibility index (Phi) is 6.71. The highest BCUT2D eigenvalue weighted by atomic mass is 35.5. The first kappa shape index (κ1) is 21.3.